The van der Waals surface area contributed by atoms with Gasteiger partial charge in [-0.15, -0.1) is 0 Å². The molecule has 1 N–H and O–H groups in total. The summed E-state index contributed by atoms with van der Waals surface area (Å²) in [5.74, 6) is -0.256. The Balaban J connectivity index is 2.19. The number of carbonyl (C=O) groups is 1. The van der Waals surface area contributed by atoms with Crippen LogP contribution in [0.2, 0.25) is 5.02 Å². The SMILES string of the molecule is CNS(=O)(=O)c1cccc(C(=O)N(C)Cc2ccc(Cl)cc2)c1. The minimum absolute atomic E-state index is 0.0609. The van der Waals surface area contributed by atoms with Crippen LogP contribution in [-0.2, 0) is 16.6 Å². The highest BCUT2D eigenvalue weighted by molar-refractivity contribution is 7.89. The Labute approximate surface area is 140 Å². The molecule has 0 saturated heterocycles. The van der Waals surface area contributed by atoms with Gasteiger partial charge in [0.05, 0.1) is 4.90 Å². The number of nitrogens with one attached hydrogen (secondary N) is 1. The topological polar surface area (TPSA) is 66.5 Å². The van der Waals surface area contributed by atoms with Crippen LogP contribution in [0.1, 0.15) is 15.9 Å². The zero-order valence-corrected chi connectivity index (χ0v) is 14.4. The van der Waals surface area contributed by atoms with E-state index in [0.717, 1.165) is 5.56 Å². The lowest BCUT2D eigenvalue weighted by Gasteiger charge is -2.18. The number of benzene rings is 2. The fraction of sp³-hybridized carbons (Fsp3) is 0.188. The summed E-state index contributed by atoms with van der Waals surface area (Å²) >= 11 is 5.84. The Hall–Kier alpha value is -1.89. The first kappa shape index (κ1) is 17.5. The predicted octanol–water partition coefficient (Wildman–Crippen LogP) is 2.52. The second kappa shape index (κ2) is 7.12. The molecule has 1 amide bonds. The van der Waals surface area contributed by atoms with Gasteiger partial charge in [0.2, 0.25) is 10.0 Å². The molecule has 0 saturated carbocycles. The van der Waals surface area contributed by atoms with E-state index in [2.05, 4.69) is 4.72 Å². The van der Waals surface area contributed by atoms with Gasteiger partial charge in [-0.3, -0.25) is 4.79 Å². The molecule has 0 aliphatic carbocycles. The van der Waals surface area contributed by atoms with Crippen molar-refractivity contribution in [2.75, 3.05) is 14.1 Å². The Kier molecular flexibility index (Phi) is 5.41. The van der Waals surface area contributed by atoms with Crippen LogP contribution in [0.15, 0.2) is 53.4 Å². The molecule has 5 nitrogen and oxygen atoms in total. The van der Waals surface area contributed by atoms with Gasteiger partial charge >= 0.3 is 0 Å². The lowest BCUT2D eigenvalue weighted by Crippen LogP contribution is -2.26. The van der Waals surface area contributed by atoms with E-state index in [0.29, 0.717) is 17.1 Å². The number of hydrogen-bond donors (Lipinski definition) is 1. The number of nitrogens with zero attached hydrogens (tertiary/aromatic N) is 1. The van der Waals surface area contributed by atoms with Crippen LogP contribution >= 0.6 is 11.6 Å². The van der Waals surface area contributed by atoms with E-state index < -0.39 is 10.0 Å². The summed E-state index contributed by atoms with van der Waals surface area (Å²) < 4.78 is 25.9. The molecule has 7 heteroatoms. The Morgan fingerprint density at radius 2 is 1.83 bits per heavy atom. The molecule has 2 aromatic rings. The number of amides is 1. The van der Waals surface area contributed by atoms with Crippen LogP contribution < -0.4 is 4.72 Å². The quantitative estimate of drug-likeness (QED) is 0.899. The normalized spacial score (nSPS) is 11.3. The molecule has 0 atom stereocenters. The molecule has 0 aliphatic rings. The molecule has 2 rings (SSSR count). The third-order valence-corrected chi connectivity index (χ3v) is 5.00. The molecule has 23 heavy (non-hydrogen) atoms. The van der Waals surface area contributed by atoms with Crippen LogP contribution in [0.5, 0.6) is 0 Å². The number of rotatable bonds is 5. The molecule has 0 fully saturated rings. The number of hydrogen-bond acceptors (Lipinski definition) is 3. The average molecular weight is 353 g/mol. The van der Waals surface area contributed by atoms with Crippen molar-refractivity contribution in [3.8, 4) is 0 Å². The molecular weight excluding hydrogens is 336 g/mol. The van der Waals surface area contributed by atoms with Crippen LogP contribution in [0.4, 0.5) is 0 Å². The molecule has 0 heterocycles. The zero-order valence-electron chi connectivity index (χ0n) is 12.8. The predicted molar refractivity (Wildman–Crippen MR) is 89.9 cm³/mol. The summed E-state index contributed by atoms with van der Waals surface area (Å²) in [7, 11) is -0.586. The fourth-order valence-electron chi connectivity index (χ4n) is 2.07. The summed E-state index contributed by atoms with van der Waals surface area (Å²) in [4.78, 5) is 14.1. The van der Waals surface area contributed by atoms with Gasteiger partial charge in [0.25, 0.3) is 5.91 Å². The van der Waals surface area contributed by atoms with Crippen molar-refractivity contribution in [2.45, 2.75) is 11.4 Å². The molecular formula is C16H17ClN2O3S. The van der Waals surface area contributed by atoms with Gasteiger partial charge < -0.3 is 4.90 Å². The Morgan fingerprint density at radius 1 is 1.17 bits per heavy atom. The van der Waals surface area contributed by atoms with E-state index in [1.807, 2.05) is 12.1 Å². The van der Waals surface area contributed by atoms with Crippen molar-refractivity contribution in [3.63, 3.8) is 0 Å². The molecule has 0 unspecified atom stereocenters. The van der Waals surface area contributed by atoms with E-state index in [-0.39, 0.29) is 10.8 Å². The molecule has 0 aliphatic heterocycles. The Morgan fingerprint density at radius 3 is 2.43 bits per heavy atom. The lowest BCUT2D eigenvalue weighted by atomic mass is 10.1. The standard InChI is InChI=1S/C16H17ClN2O3S/c1-18-23(21,22)15-5-3-4-13(10-15)16(20)19(2)11-12-6-8-14(17)9-7-12/h3-10,18H,11H2,1-2H3. The van der Waals surface area contributed by atoms with Gasteiger partial charge in [-0.1, -0.05) is 29.8 Å². The van der Waals surface area contributed by atoms with Crippen molar-refractivity contribution in [2.24, 2.45) is 0 Å². The second-order valence-electron chi connectivity index (χ2n) is 5.02. The van der Waals surface area contributed by atoms with Gasteiger partial charge in [0.1, 0.15) is 0 Å². The minimum Gasteiger partial charge on any atom is -0.337 e. The maximum Gasteiger partial charge on any atom is 0.253 e. The van der Waals surface area contributed by atoms with Crippen molar-refractivity contribution in [1.29, 1.82) is 0 Å². The van der Waals surface area contributed by atoms with E-state index in [1.165, 1.54) is 24.1 Å². The number of carbonyl (C=O) groups excluding carboxylic acids is 1. The van der Waals surface area contributed by atoms with Crippen LogP contribution in [0.25, 0.3) is 0 Å². The first-order valence-electron chi connectivity index (χ1n) is 6.87. The summed E-state index contributed by atoms with van der Waals surface area (Å²) in [5.41, 5.74) is 1.25. The first-order valence-corrected chi connectivity index (χ1v) is 8.73. The molecule has 0 spiro atoms. The zero-order chi connectivity index (χ0) is 17.0. The van der Waals surface area contributed by atoms with E-state index in [4.69, 9.17) is 11.6 Å². The average Bonchev–Trinajstić information content (AvgIpc) is 2.56. The van der Waals surface area contributed by atoms with Crippen LogP contribution in [-0.4, -0.2) is 33.3 Å². The highest BCUT2D eigenvalue weighted by Gasteiger charge is 2.16. The van der Waals surface area contributed by atoms with Crippen LogP contribution in [0.3, 0.4) is 0 Å². The molecule has 0 aromatic heterocycles. The maximum atomic E-state index is 12.5. The summed E-state index contributed by atoms with van der Waals surface area (Å²) in [6, 6.07) is 13.2. The van der Waals surface area contributed by atoms with E-state index in [9.17, 15) is 13.2 Å². The highest BCUT2D eigenvalue weighted by Crippen LogP contribution is 2.15. The van der Waals surface area contributed by atoms with Crippen LogP contribution in [0, 0.1) is 0 Å². The summed E-state index contributed by atoms with van der Waals surface area (Å²) in [6.45, 7) is 0.402. The van der Waals surface area contributed by atoms with Crippen molar-refractivity contribution in [1.82, 2.24) is 9.62 Å². The molecule has 0 radical (unpaired) electrons. The highest BCUT2D eigenvalue weighted by atomic mass is 35.5. The van der Waals surface area contributed by atoms with Crippen molar-refractivity contribution < 1.29 is 13.2 Å². The van der Waals surface area contributed by atoms with Gasteiger partial charge in [0, 0.05) is 24.2 Å². The van der Waals surface area contributed by atoms with Crippen molar-refractivity contribution >= 4 is 27.5 Å². The number of sulfonamides is 1. The first-order chi connectivity index (χ1) is 10.8. The largest absolute Gasteiger partial charge is 0.337 e. The van der Waals surface area contributed by atoms with Gasteiger partial charge in [-0.2, -0.15) is 0 Å². The molecule has 122 valence electrons. The smallest absolute Gasteiger partial charge is 0.253 e. The van der Waals surface area contributed by atoms with Gasteiger partial charge in [-0.05, 0) is 42.9 Å². The minimum atomic E-state index is -3.58. The lowest BCUT2D eigenvalue weighted by molar-refractivity contribution is 0.0785. The third kappa shape index (κ3) is 4.31. The molecule has 2 aromatic carbocycles. The van der Waals surface area contributed by atoms with Crippen molar-refractivity contribution in [3.05, 3.63) is 64.7 Å². The fourth-order valence-corrected chi connectivity index (χ4v) is 2.97. The molecule has 0 bridgehead atoms. The van der Waals surface area contributed by atoms with E-state index >= 15 is 0 Å². The van der Waals surface area contributed by atoms with Gasteiger partial charge in [0.15, 0.2) is 0 Å². The van der Waals surface area contributed by atoms with E-state index in [1.54, 1.807) is 31.3 Å². The van der Waals surface area contributed by atoms with Gasteiger partial charge in [-0.25, -0.2) is 13.1 Å². The third-order valence-electron chi connectivity index (χ3n) is 3.34. The Bertz CT molecular complexity index is 804. The monoisotopic (exact) mass is 352 g/mol. The second-order valence-corrected chi connectivity index (χ2v) is 7.35. The summed E-state index contributed by atoms with van der Waals surface area (Å²) in [5, 5.41) is 0.632. The summed E-state index contributed by atoms with van der Waals surface area (Å²) in [6.07, 6.45) is 0. The maximum absolute atomic E-state index is 12.5. The number of halogens is 1.